The van der Waals surface area contributed by atoms with Crippen molar-refractivity contribution in [3.63, 3.8) is 0 Å². The van der Waals surface area contributed by atoms with Gasteiger partial charge >= 0.3 is 0 Å². The highest BCUT2D eigenvalue weighted by Gasteiger charge is 2.13. The van der Waals surface area contributed by atoms with Crippen LogP contribution in [0.4, 0.5) is 0 Å². The second-order valence-electron chi connectivity index (χ2n) is 6.47. The Balaban J connectivity index is 1.53. The van der Waals surface area contributed by atoms with E-state index in [0.717, 1.165) is 11.1 Å². The summed E-state index contributed by atoms with van der Waals surface area (Å²) in [5.41, 5.74) is 2.10. The van der Waals surface area contributed by atoms with Crippen LogP contribution in [0.1, 0.15) is 21.5 Å². The molecule has 0 atom stereocenters. The zero-order valence-corrected chi connectivity index (χ0v) is 17.5. The minimum atomic E-state index is -0.333. The van der Waals surface area contributed by atoms with Gasteiger partial charge in [0.1, 0.15) is 5.75 Å². The van der Waals surface area contributed by atoms with Gasteiger partial charge in [-0.1, -0.05) is 71.7 Å². The summed E-state index contributed by atoms with van der Waals surface area (Å²) in [7, 11) is 0. The summed E-state index contributed by atoms with van der Waals surface area (Å²) in [5.74, 6) is -0.272. The van der Waals surface area contributed by atoms with Crippen molar-refractivity contribution < 1.29 is 14.3 Å². The predicted octanol–water partition coefficient (Wildman–Crippen LogP) is 4.62. The third-order valence-corrected chi connectivity index (χ3v) is 4.86. The molecule has 0 spiro atoms. The van der Waals surface area contributed by atoms with Crippen molar-refractivity contribution >= 4 is 35.0 Å². The van der Waals surface area contributed by atoms with E-state index in [4.69, 9.17) is 27.9 Å². The van der Waals surface area contributed by atoms with Gasteiger partial charge in [0, 0.05) is 23.1 Å². The molecule has 3 rings (SSSR count). The van der Waals surface area contributed by atoms with E-state index >= 15 is 0 Å². The zero-order valence-electron chi connectivity index (χ0n) is 16.0. The van der Waals surface area contributed by atoms with Crippen LogP contribution in [-0.2, 0) is 17.9 Å². The van der Waals surface area contributed by atoms with E-state index in [1.807, 2.05) is 30.3 Å². The summed E-state index contributed by atoms with van der Waals surface area (Å²) in [6.07, 6.45) is 0. The van der Waals surface area contributed by atoms with Crippen LogP contribution in [0.2, 0.25) is 10.0 Å². The van der Waals surface area contributed by atoms with Gasteiger partial charge in [-0.3, -0.25) is 9.59 Å². The van der Waals surface area contributed by atoms with Crippen LogP contribution < -0.4 is 15.4 Å². The van der Waals surface area contributed by atoms with E-state index in [-0.39, 0.29) is 25.0 Å². The molecule has 0 saturated carbocycles. The SMILES string of the molecule is O=C(COc1ccccc1C(=O)NCc1ccccc1)NCc1ccc(Cl)cc1Cl. The molecule has 2 N–H and O–H groups in total. The predicted molar refractivity (Wildman–Crippen MR) is 118 cm³/mol. The number of rotatable bonds is 8. The van der Waals surface area contributed by atoms with Crippen molar-refractivity contribution in [3.8, 4) is 5.75 Å². The maximum absolute atomic E-state index is 12.5. The second kappa shape index (κ2) is 10.7. The topological polar surface area (TPSA) is 67.4 Å². The Labute approximate surface area is 185 Å². The van der Waals surface area contributed by atoms with Gasteiger partial charge < -0.3 is 15.4 Å². The van der Waals surface area contributed by atoms with Crippen LogP contribution in [0.5, 0.6) is 5.75 Å². The van der Waals surface area contributed by atoms with Gasteiger partial charge in [-0.25, -0.2) is 0 Å². The Morgan fingerprint density at radius 3 is 2.33 bits per heavy atom. The molecule has 154 valence electrons. The fourth-order valence-electron chi connectivity index (χ4n) is 2.71. The van der Waals surface area contributed by atoms with E-state index in [1.165, 1.54) is 0 Å². The van der Waals surface area contributed by atoms with Gasteiger partial charge in [0.2, 0.25) is 0 Å². The summed E-state index contributed by atoms with van der Waals surface area (Å²) in [6.45, 7) is 0.419. The molecule has 7 heteroatoms. The Morgan fingerprint density at radius 1 is 0.833 bits per heavy atom. The maximum atomic E-state index is 12.5. The molecule has 3 aromatic carbocycles. The first-order valence-electron chi connectivity index (χ1n) is 9.27. The number of para-hydroxylation sites is 1. The van der Waals surface area contributed by atoms with Crippen LogP contribution in [0, 0.1) is 0 Å². The Hall–Kier alpha value is -3.02. The lowest BCUT2D eigenvalue weighted by Crippen LogP contribution is -2.29. The first-order valence-corrected chi connectivity index (χ1v) is 10.0. The highest BCUT2D eigenvalue weighted by molar-refractivity contribution is 6.35. The Morgan fingerprint density at radius 2 is 1.57 bits per heavy atom. The lowest BCUT2D eigenvalue weighted by molar-refractivity contribution is -0.123. The first kappa shape index (κ1) is 21.7. The van der Waals surface area contributed by atoms with Gasteiger partial charge in [0.15, 0.2) is 6.61 Å². The van der Waals surface area contributed by atoms with Gasteiger partial charge in [0.25, 0.3) is 11.8 Å². The van der Waals surface area contributed by atoms with Crippen LogP contribution in [-0.4, -0.2) is 18.4 Å². The van der Waals surface area contributed by atoms with Crippen molar-refractivity contribution in [2.45, 2.75) is 13.1 Å². The number of hydrogen-bond acceptors (Lipinski definition) is 3. The minimum Gasteiger partial charge on any atom is -0.483 e. The average Bonchev–Trinajstić information content (AvgIpc) is 2.76. The standard InChI is InChI=1S/C23H20Cl2N2O3/c24-18-11-10-17(20(25)12-18)14-26-22(28)15-30-21-9-5-4-8-19(21)23(29)27-13-16-6-2-1-3-7-16/h1-12H,13-15H2,(H,26,28)(H,27,29). The lowest BCUT2D eigenvalue weighted by Gasteiger charge is -2.12. The highest BCUT2D eigenvalue weighted by atomic mass is 35.5. The van der Waals surface area contributed by atoms with Gasteiger partial charge in [-0.2, -0.15) is 0 Å². The van der Waals surface area contributed by atoms with Crippen LogP contribution in [0.3, 0.4) is 0 Å². The number of hydrogen-bond donors (Lipinski definition) is 2. The van der Waals surface area contributed by atoms with Crippen molar-refractivity contribution in [1.82, 2.24) is 10.6 Å². The fourth-order valence-corrected chi connectivity index (χ4v) is 3.18. The summed E-state index contributed by atoms with van der Waals surface area (Å²) < 4.78 is 5.58. The molecule has 2 amide bonds. The van der Waals surface area contributed by atoms with Crippen LogP contribution in [0.25, 0.3) is 0 Å². The van der Waals surface area contributed by atoms with E-state index in [0.29, 0.717) is 27.9 Å². The number of halogens is 2. The van der Waals surface area contributed by atoms with Gasteiger partial charge in [0.05, 0.1) is 5.56 Å². The normalized spacial score (nSPS) is 10.3. The smallest absolute Gasteiger partial charge is 0.258 e. The molecule has 0 heterocycles. The molecular weight excluding hydrogens is 423 g/mol. The molecule has 0 fully saturated rings. The molecule has 0 aliphatic rings. The molecule has 0 aliphatic carbocycles. The Kier molecular flexibility index (Phi) is 7.71. The van der Waals surface area contributed by atoms with Crippen molar-refractivity contribution in [3.05, 3.63) is 99.5 Å². The monoisotopic (exact) mass is 442 g/mol. The molecule has 0 aliphatic heterocycles. The van der Waals surface area contributed by atoms with Gasteiger partial charge in [-0.15, -0.1) is 0 Å². The quantitative estimate of drug-likeness (QED) is 0.534. The summed E-state index contributed by atoms with van der Waals surface area (Å²) in [5, 5.41) is 6.59. The number of nitrogens with one attached hydrogen (secondary N) is 2. The third-order valence-electron chi connectivity index (χ3n) is 4.28. The number of carbonyl (C=O) groups excluding carboxylic acids is 2. The number of amides is 2. The molecule has 0 unspecified atom stereocenters. The highest BCUT2D eigenvalue weighted by Crippen LogP contribution is 2.21. The van der Waals surface area contributed by atoms with Crippen molar-refractivity contribution in [1.29, 1.82) is 0 Å². The number of benzene rings is 3. The molecule has 30 heavy (non-hydrogen) atoms. The Bertz CT molecular complexity index is 1030. The second-order valence-corrected chi connectivity index (χ2v) is 7.31. The molecular formula is C23H20Cl2N2O3. The zero-order chi connectivity index (χ0) is 21.3. The lowest BCUT2D eigenvalue weighted by atomic mass is 10.1. The minimum absolute atomic E-state index is 0.228. The number of ether oxygens (including phenoxy) is 1. The summed E-state index contributed by atoms with van der Waals surface area (Å²) in [6, 6.07) is 21.5. The third kappa shape index (κ3) is 6.24. The van der Waals surface area contributed by atoms with E-state index < -0.39 is 0 Å². The molecule has 0 radical (unpaired) electrons. The molecule has 5 nitrogen and oxygen atoms in total. The average molecular weight is 443 g/mol. The van der Waals surface area contributed by atoms with E-state index in [9.17, 15) is 9.59 Å². The van der Waals surface area contributed by atoms with E-state index in [2.05, 4.69) is 10.6 Å². The molecule has 0 bridgehead atoms. The molecule has 3 aromatic rings. The van der Waals surface area contributed by atoms with Crippen LogP contribution in [0.15, 0.2) is 72.8 Å². The molecule has 0 saturated heterocycles. The maximum Gasteiger partial charge on any atom is 0.258 e. The largest absolute Gasteiger partial charge is 0.483 e. The fraction of sp³-hybridized carbons (Fsp3) is 0.130. The van der Waals surface area contributed by atoms with Crippen molar-refractivity contribution in [2.75, 3.05) is 6.61 Å². The van der Waals surface area contributed by atoms with Crippen molar-refractivity contribution in [2.24, 2.45) is 0 Å². The van der Waals surface area contributed by atoms with Gasteiger partial charge in [-0.05, 0) is 35.4 Å². The van der Waals surface area contributed by atoms with Crippen LogP contribution >= 0.6 is 23.2 Å². The van der Waals surface area contributed by atoms with E-state index in [1.54, 1.807) is 42.5 Å². The number of carbonyl (C=O) groups is 2. The first-order chi connectivity index (χ1) is 14.5. The summed E-state index contributed by atoms with van der Waals surface area (Å²) in [4.78, 5) is 24.7. The summed E-state index contributed by atoms with van der Waals surface area (Å²) >= 11 is 12.0. The molecule has 0 aromatic heterocycles.